The molecule has 1 amide bonds. The molecule has 0 saturated carbocycles. The Balaban J connectivity index is 1.41. The van der Waals surface area contributed by atoms with E-state index in [4.69, 9.17) is 11.1 Å². The SMILES string of the molecule is N=C(N)c1cccc(N2CCN(C(=O)c3ccc(-c4cccc([N+](=O)[O-])c4)cc3)CC2)c1. The number of hydrogen-bond acceptors (Lipinski definition) is 5. The average molecular weight is 429 g/mol. The Morgan fingerprint density at radius 1 is 0.875 bits per heavy atom. The summed E-state index contributed by atoms with van der Waals surface area (Å²) in [5.74, 6) is 0.00180. The van der Waals surface area contributed by atoms with Crippen LogP contribution in [-0.2, 0) is 0 Å². The number of non-ortho nitro benzene ring substituents is 1. The van der Waals surface area contributed by atoms with Crippen LogP contribution in [0.2, 0.25) is 0 Å². The molecule has 1 fully saturated rings. The van der Waals surface area contributed by atoms with Crippen molar-refractivity contribution < 1.29 is 9.72 Å². The lowest BCUT2D eigenvalue weighted by molar-refractivity contribution is -0.384. The van der Waals surface area contributed by atoms with Gasteiger partial charge in [0.1, 0.15) is 5.84 Å². The van der Waals surface area contributed by atoms with Crippen molar-refractivity contribution in [1.82, 2.24) is 4.90 Å². The van der Waals surface area contributed by atoms with Gasteiger partial charge in [-0.1, -0.05) is 36.4 Å². The molecule has 0 bridgehead atoms. The highest BCUT2D eigenvalue weighted by Crippen LogP contribution is 2.25. The molecule has 3 aromatic rings. The molecule has 3 N–H and O–H groups in total. The molecule has 0 aromatic heterocycles. The molecular weight excluding hydrogens is 406 g/mol. The predicted molar refractivity (Wildman–Crippen MR) is 124 cm³/mol. The van der Waals surface area contributed by atoms with Crippen molar-refractivity contribution >= 4 is 23.1 Å². The number of carbonyl (C=O) groups is 1. The zero-order chi connectivity index (χ0) is 22.7. The van der Waals surface area contributed by atoms with E-state index in [0.29, 0.717) is 37.3 Å². The van der Waals surface area contributed by atoms with Crippen LogP contribution in [0.4, 0.5) is 11.4 Å². The van der Waals surface area contributed by atoms with E-state index in [1.807, 2.05) is 47.4 Å². The number of carbonyl (C=O) groups excluding carboxylic acids is 1. The van der Waals surface area contributed by atoms with Gasteiger partial charge in [-0.25, -0.2) is 0 Å². The van der Waals surface area contributed by atoms with Crippen molar-refractivity contribution in [3.05, 3.63) is 94.0 Å². The first kappa shape index (κ1) is 21.0. The second kappa shape index (κ2) is 8.89. The molecule has 1 aliphatic rings. The number of amidine groups is 1. The number of nitrogen functional groups attached to an aromatic ring is 1. The summed E-state index contributed by atoms with van der Waals surface area (Å²) in [7, 11) is 0. The smallest absolute Gasteiger partial charge is 0.270 e. The van der Waals surface area contributed by atoms with E-state index < -0.39 is 4.92 Å². The van der Waals surface area contributed by atoms with Crippen LogP contribution in [0.15, 0.2) is 72.8 Å². The third kappa shape index (κ3) is 4.44. The predicted octanol–water partition coefficient (Wildman–Crippen LogP) is 3.51. The van der Waals surface area contributed by atoms with Gasteiger partial charge in [-0.3, -0.25) is 20.3 Å². The van der Waals surface area contributed by atoms with Crippen molar-refractivity contribution in [3.63, 3.8) is 0 Å². The summed E-state index contributed by atoms with van der Waals surface area (Å²) in [5.41, 5.74) is 9.45. The number of nitro benzene ring substituents is 1. The first-order chi connectivity index (χ1) is 15.4. The summed E-state index contributed by atoms with van der Waals surface area (Å²) in [6, 6.07) is 21.2. The summed E-state index contributed by atoms with van der Waals surface area (Å²) in [6.45, 7) is 2.57. The maximum Gasteiger partial charge on any atom is 0.270 e. The average Bonchev–Trinajstić information content (AvgIpc) is 2.84. The molecule has 162 valence electrons. The van der Waals surface area contributed by atoms with Gasteiger partial charge >= 0.3 is 0 Å². The molecule has 32 heavy (non-hydrogen) atoms. The third-order valence-corrected chi connectivity index (χ3v) is 5.61. The molecule has 8 heteroatoms. The van der Waals surface area contributed by atoms with Gasteiger partial charge in [-0.05, 0) is 35.4 Å². The molecule has 1 heterocycles. The standard InChI is InChI=1S/C24H23N5O3/c25-23(26)20-4-2-5-21(16-20)27-11-13-28(14-12-27)24(30)18-9-7-17(8-10-18)19-3-1-6-22(15-19)29(31)32/h1-10,15-16H,11-14H2,(H3,25,26). The van der Waals surface area contributed by atoms with Crippen molar-refractivity contribution in [2.24, 2.45) is 5.73 Å². The third-order valence-electron chi connectivity index (χ3n) is 5.61. The van der Waals surface area contributed by atoms with Gasteiger partial charge in [0.15, 0.2) is 0 Å². The molecule has 3 aromatic carbocycles. The Morgan fingerprint density at radius 2 is 1.56 bits per heavy atom. The van der Waals surface area contributed by atoms with Crippen LogP contribution in [0, 0.1) is 15.5 Å². The van der Waals surface area contributed by atoms with Crippen LogP contribution in [0.25, 0.3) is 11.1 Å². The largest absolute Gasteiger partial charge is 0.384 e. The molecule has 1 saturated heterocycles. The number of nitro groups is 1. The number of amides is 1. The van der Waals surface area contributed by atoms with Gasteiger partial charge in [-0.2, -0.15) is 0 Å². The number of piperazine rings is 1. The van der Waals surface area contributed by atoms with Crippen LogP contribution in [0.5, 0.6) is 0 Å². The minimum atomic E-state index is -0.419. The molecule has 4 rings (SSSR count). The normalized spacial score (nSPS) is 13.6. The van der Waals surface area contributed by atoms with Gasteiger partial charge in [0.05, 0.1) is 4.92 Å². The zero-order valence-corrected chi connectivity index (χ0v) is 17.4. The van der Waals surface area contributed by atoms with E-state index in [2.05, 4.69) is 4.90 Å². The van der Waals surface area contributed by atoms with Gasteiger partial charge in [0.2, 0.25) is 0 Å². The van der Waals surface area contributed by atoms with E-state index >= 15 is 0 Å². The Kier molecular flexibility index (Phi) is 5.85. The maximum absolute atomic E-state index is 13.0. The van der Waals surface area contributed by atoms with Crippen molar-refractivity contribution in [3.8, 4) is 11.1 Å². The zero-order valence-electron chi connectivity index (χ0n) is 17.4. The van der Waals surface area contributed by atoms with Gasteiger partial charge in [-0.15, -0.1) is 0 Å². The molecule has 8 nitrogen and oxygen atoms in total. The second-order valence-electron chi connectivity index (χ2n) is 7.63. The summed E-state index contributed by atoms with van der Waals surface area (Å²) >= 11 is 0. The first-order valence-corrected chi connectivity index (χ1v) is 10.3. The van der Waals surface area contributed by atoms with E-state index in [-0.39, 0.29) is 17.4 Å². The Morgan fingerprint density at radius 3 is 2.22 bits per heavy atom. The van der Waals surface area contributed by atoms with E-state index in [1.165, 1.54) is 12.1 Å². The molecular formula is C24H23N5O3. The lowest BCUT2D eigenvalue weighted by Gasteiger charge is -2.36. The number of nitrogens with one attached hydrogen (secondary N) is 1. The highest BCUT2D eigenvalue weighted by Gasteiger charge is 2.22. The number of nitrogens with zero attached hydrogens (tertiary/aromatic N) is 3. The molecule has 0 spiro atoms. The number of rotatable bonds is 5. The highest BCUT2D eigenvalue weighted by molar-refractivity contribution is 5.96. The fourth-order valence-electron chi connectivity index (χ4n) is 3.82. The summed E-state index contributed by atoms with van der Waals surface area (Å²) in [6.07, 6.45) is 0. The quantitative estimate of drug-likeness (QED) is 0.279. The van der Waals surface area contributed by atoms with Crippen molar-refractivity contribution in [1.29, 1.82) is 5.41 Å². The fraction of sp³-hybridized carbons (Fsp3) is 0.167. The molecule has 0 atom stereocenters. The van der Waals surface area contributed by atoms with Gasteiger partial charge in [0, 0.05) is 55.1 Å². The van der Waals surface area contributed by atoms with Gasteiger partial charge in [0.25, 0.3) is 11.6 Å². The fourth-order valence-corrected chi connectivity index (χ4v) is 3.82. The maximum atomic E-state index is 13.0. The minimum absolute atomic E-state index is 0.0345. The highest BCUT2D eigenvalue weighted by atomic mass is 16.6. The molecule has 0 unspecified atom stereocenters. The molecule has 0 radical (unpaired) electrons. The minimum Gasteiger partial charge on any atom is -0.384 e. The first-order valence-electron chi connectivity index (χ1n) is 10.3. The van der Waals surface area contributed by atoms with Crippen LogP contribution >= 0.6 is 0 Å². The number of nitrogens with two attached hydrogens (primary N) is 1. The van der Waals surface area contributed by atoms with Crippen molar-refractivity contribution in [2.75, 3.05) is 31.1 Å². The lowest BCUT2D eigenvalue weighted by Crippen LogP contribution is -2.48. The Labute approximate surface area is 185 Å². The number of anilines is 1. The van der Waals surface area contributed by atoms with Crippen LogP contribution in [-0.4, -0.2) is 47.7 Å². The topological polar surface area (TPSA) is 117 Å². The number of benzene rings is 3. The molecule has 0 aliphatic carbocycles. The van der Waals surface area contributed by atoms with Crippen LogP contribution in [0.1, 0.15) is 15.9 Å². The monoisotopic (exact) mass is 429 g/mol. The van der Waals surface area contributed by atoms with E-state index in [1.54, 1.807) is 18.2 Å². The van der Waals surface area contributed by atoms with Gasteiger partial charge < -0.3 is 15.5 Å². The molecule has 1 aliphatic heterocycles. The Bertz CT molecular complexity index is 1170. The summed E-state index contributed by atoms with van der Waals surface area (Å²) in [5, 5.41) is 18.6. The Hall–Kier alpha value is -4.20. The van der Waals surface area contributed by atoms with Crippen LogP contribution < -0.4 is 10.6 Å². The number of hydrogen-bond donors (Lipinski definition) is 2. The van der Waals surface area contributed by atoms with E-state index in [0.717, 1.165) is 16.8 Å². The van der Waals surface area contributed by atoms with E-state index in [9.17, 15) is 14.9 Å². The summed E-state index contributed by atoms with van der Waals surface area (Å²) < 4.78 is 0. The lowest BCUT2D eigenvalue weighted by atomic mass is 10.0. The van der Waals surface area contributed by atoms with Crippen molar-refractivity contribution in [2.45, 2.75) is 0 Å². The van der Waals surface area contributed by atoms with Crippen LogP contribution in [0.3, 0.4) is 0 Å². The second-order valence-corrected chi connectivity index (χ2v) is 7.63. The summed E-state index contributed by atoms with van der Waals surface area (Å²) in [4.78, 5) is 27.5.